The van der Waals surface area contributed by atoms with E-state index in [1.54, 1.807) is 18.4 Å². The minimum Gasteiger partial charge on any atom is -0.496 e. The summed E-state index contributed by atoms with van der Waals surface area (Å²) in [4.78, 5) is 19.8. The van der Waals surface area contributed by atoms with Crippen molar-refractivity contribution >= 4 is 17.2 Å². The first-order chi connectivity index (χ1) is 13.7. The largest absolute Gasteiger partial charge is 0.496 e. The second-order valence-corrected chi connectivity index (χ2v) is 8.44. The summed E-state index contributed by atoms with van der Waals surface area (Å²) in [6.45, 7) is 6.05. The van der Waals surface area contributed by atoms with Crippen LogP contribution in [0.2, 0.25) is 0 Å². The Bertz CT molecular complexity index is 772. The molecule has 0 bridgehead atoms. The van der Waals surface area contributed by atoms with Crippen molar-refractivity contribution in [2.75, 3.05) is 46.4 Å². The SMILES string of the molecule is COc1ccccc1C1CCCN1CC(=O)N1CCN(Cc2ccsc2)CC1. The number of ether oxygens (including phenoxy) is 1. The molecule has 2 saturated heterocycles. The summed E-state index contributed by atoms with van der Waals surface area (Å²) in [5, 5.41) is 4.34. The van der Waals surface area contributed by atoms with E-state index in [2.05, 4.69) is 38.8 Å². The van der Waals surface area contributed by atoms with Crippen LogP contribution in [0.5, 0.6) is 5.75 Å². The van der Waals surface area contributed by atoms with Gasteiger partial charge in [0.05, 0.1) is 13.7 Å². The van der Waals surface area contributed by atoms with E-state index in [1.165, 1.54) is 11.1 Å². The lowest BCUT2D eigenvalue weighted by Crippen LogP contribution is -2.50. The summed E-state index contributed by atoms with van der Waals surface area (Å²) in [6.07, 6.45) is 2.21. The van der Waals surface area contributed by atoms with E-state index in [0.717, 1.165) is 57.9 Å². The zero-order valence-corrected chi connectivity index (χ0v) is 17.4. The number of hydrogen-bond donors (Lipinski definition) is 0. The molecule has 1 unspecified atom stereocenters. The molecule has 0 spiro atoms. The molecule has 1 atom stereocenters. The Morgan fingerprint density at radius 3 is 2.71 bits per heavy atom. The highest BCUT2D eigenvalue weighted by atomic mass is 32.1. The molecule has 0 saturated carbocycles. The van der Waals surface area contributed by atoms with Crippen LogP contribution in [-0.4, -0.2) is 67.0 Å². The minimum atomic E-state index is 0.261. The summed E-state index contributed by atoms with van der Waals surface area (Å²) in [7, 11) is 1.72. The number of carbonyl (C=O) groups is 1. The highest BCUT2D eigenvalue weighted by molar-refractivity contribution is 7.07. The van der Waals surface area contributed by atoms with Crippen LogP contribution in [0.1, 0.15) is 30.0 Å². The van der Waals surface area contributed by atoms with Crippen molar-refractivity contribution in [2.45, 2.75) is 25.4 Å². The summed E-state index contributed by atoms with van der Waals surface area (Å²) in [5.74, 6) is 1.19. The van der Waals surface area contributed by atoms with Crippen LogP contribution in [0, 0.1) is 0 Å². The Hall–Kier alpha value is -1.89. The van der Waals surface area contributed by atoms with Gasteiger partial charge in [-0.1, -0.05) is 18.2 Å². The predicted octanol–water partition coefficient (Wildman–Crippen LogP) is 3.24. The van der Waals surface area contributed by atoms with E-state index in [9.17, 15) is 4.79 Å². The van der Waals surface area contributed by atoms with Gasteiger partial charge in [0.25, 0.3) is 0 Å². The Morgan fingerprint density at radius 1 is 1.14 bits per heavy atom. The first kappa shape index (κ1) is 19.4. The molecule has 0 N–H and O–H groups in total. The van der Waals surface area contributed by atoms with E-state index >= 15 is 0 Å². The average Bonchev–Trinajstić information content (AvgIpc) is 3.40. The van der Waals surface area contributed by atoms with E-state index in [0.29, 0.717) is 6.54 Å². The van der Waals surface area contributed by atoms with Gasteiger partial charge in [-0.2, -0.15) is 11.3 Å². The quantitative estimate of drug-likeness (QED) is 0.747. The van der Waals surface area contributed by atoms with Gasteiger partial charge in [-0.15, -0.1) is 0 Å². The number of carbonyl (C=O) groups excluding carboxylic acids is 1. The van der Waals surface area contributed by atoms with Crippen LogP contribution in [-0.2, 0) is 11.3 Å². The second kappa shape index (κ2) is 9.07. The number of para-hydroxylation sites is 1. The number of hydrogen-bond acceptors (Lipinski definition) is 5. The van der Waals surface area contributed by atoms with Gasteiger partial charge in [0.1, 0.15) is 5.75 Å². The molecule has 1 amide bonds. The van der Waals surface area contributed by atoms with Crippen molar-refractivity contribution in [1.82, 2.24) is 14.7 Å². The minimum absolute atomic E-state index is 0.261. The summed E-state index contributed by atoms with van der Waals surface area (Å²) in [6, 6.07) is 10.7. The molecule has 0 radical (unpaired) electrons. The number of rotatable bonds is 6. The third-order valence-corrected chi connectivity index (χ3v) is 6.64. The van der Waals surface area contributed by atoms with Crippen LogP contribution in [0.25, 0.3) is 0 Å². The van der Waals surface area contributed by atoms with Crippen LogP contribution in [0.3, 0.4) is 0 Å². The van der Waals surface area contributed by atoms with Gasteiger partial charge in [-0.3, -0.25) is 14.6 Å². The standard InChI is InChI=1S/C22H29N3O2S/c1-27-21-7-3-2-5-19(21)20-6-4-9-25(20)16-22(26)24-12-10-23(11-13-24)15-18-8-14-28-17-18/h2-3,5,7-8,14,17,20H,4,6,9-13,15-16H2,1H3. The lowest BCUT2D eigenvalue weighted by atomic mass is 10.0. The molecular formula is C22H29N3O2S. The van der Waals surface area contributed by atoms with Crippen LogP contribution in [0.4, 0.5) is 0 Å². The van der Waals surface area contributed by atoms with Crippen molar-refractivity contribution in [3.05, 3.63) is 52.2 Å². The number of thiophene rings is 1. The zero-order chi connectivity index (χ0) is 19.3. The van der Waals surface area contributed by atoms with Crippen molar-refractivity contribution < 1.29 is 9.53 Å². The summed E-state index contributed by atoms with van der Waals surface area (Å²) >= 11 is 1.75. The third kappa shape index (κ3) is 4.40. The average molecular weight is 400 g/mol. The fourth-order valence-electron chi connectivity index (χ4n) is 4.38. The van der Waals surface area contributed by atoms with Gasteiger partial charge in [0, 0.05) is 44.3 Å². The number of nitrogens with zero attached hydrogens (tertiary/aromatic N) is 3. The van der Waals surface area contributed by atoms with Crippen LogP contribution in [0.15, 0.2) is 41.1 Å². The molecular weight excluding hydrogens is 370 g/mol. The fourth-order valence-corrected chi connectivity index (χ4v) is 5.04. The van der Waals surface area contributed by atoms with Gasteiger partial charge >= 0.3 is 0 Å². The maximum absolute atomic E-state index is 12.9. The van der Waals surface area contributed by atoms with Crippen molar-refractivity contribution in [3.63, 3.8) is 0 Å². The molecule has 4 rings (SSSR count). The van der Waals surface area contributed by atoms with Crippen LogP contribution >= 0.6 is 11.3 Å². The normalized spacial score (nSPS) is 21.2. The molecule has 2 aliphatic rings. The fraction of sp³-hybridized carbons (Fsp3) is 0.500. The molecule has 28 heavy (non-hydrogen) atoms. The lowest BCUT2D eigenvalue weighted by Gasteiger charge is -2.36. The Kier molecular flexibility index (Phi) is 6.29. The topological polar surface area (TPSA) is 36.0 Å². The highest BCUT2D eigenvalue weighted by Crippen LogP contribution is 2.36. The zero-order valence-electron chi connectivity index (χ0n) is 16.5. The van der Waals surface area contributed by atoms with Gasteiger partial charge in [-0.05, 0) is 47.8 Å². The number of methoxy groups -OCH3 is 1. The number of likely N-dealkylation sites (tertiary alicyclic amines) is 1. The molecule has 1 aromatic carbocycles. The Labute approximate surface area is 171 Å². The van der Waals surface area contributed by atoms with E-state index < -0.39 is 0 Å². The summed E-state index contributed by atoms with van der Waals surface area (Å²) < 4.78 is 5.56. The first-order valence-corrected chi connectivity index (χ1v) is 11.1. The predicted molar refractivity (Wildman–Crippen MR) is 113 cm³/mol. The van der Waals surface area contributed by atoms with Crippen molar-refractivity contribution in [3.8, 4) is 5.75 Å². The van der Waals surface area contributed by atoms with Gasteiger partial charge in [-0.25, -0.2) is 0 Å². The van der Waals surface area contributed by atoms with E-state index in [4.69, 9.17) is 4.74 Å². The molecule has 2 fully saturated rings. The highest BCUT2D eigenvalue weighted by Gasteiger charge is 2.31. The number of amides is 1. The molecule has 5 nitrogen and oxygen atoms in total. The maximum Gasteiger partial charge on any atom is 0.236 e. The van der Waals surface area contributed by atoms with E-state index in [-0.39, 0.29) is 11.9 Å². The van der Waals surface area contributed by atoms with Gasteiger partial charge < -0.3 is 9.64 Å². The monoisotopic (exact) mass is 399 g/mol. The molecule has 0 aliphatic carbocycles. The lowest BCUT2D eigenvalue weighted by molar-refractivity contribution is -0.134. The molecule has 1 aromatic heterocycles. The van der Waals surface area contributed by atoms with Crippen molar-refractivity contribution in [2.24, 2.45) is 0 Å². The van der Waals surface area contributed by atoms with Gasteiger partial charge in [0.2, 0.25) is 5.91 Å². The molecule has 6 heteroatoms. The second-order valence-electron chi connectivity index (χ2n) is 7.66. The van der Waals surface area contributed by atoms with Crippen LogP contribution < -0.4 is 4.74 Å². The molecule has 2 aromatic rings. The Balaban J connectivity index is 1.32. The molecule has 3 heterocycles. The maximum atomic E-state index is 12.9. The molecule has 2 aliphatic heterocycles. The van der Waals surface area contributed by atoms with Gasteiger partial charge in [0.15, 0.2) is 0 Å². The smallest absolute Gasteiger partial charge is 0.236 e. The number of benzene rings is 1. The van der Waals surface area contributed by atoms with Crippen molar-refractivity contribution in [1.29, 1.82) is 0 Å². The first-order valence-electron chi connectivity index (χ1n) is 10.1. The molecule has 150 valence electrons. The summed E-state index contributed by atoms with van der Waals surface area (Å²) in [5.41, 5.74) is 2.58. The number of piperazine rings is 1. The third-order valence-electron chi connectivity index (χ3n) is 5.91. The van der Waals surface area contributed by atoms with E-state index in [1.807, 2.05) is 17.0 Å². The Morgan fingerprint density at radius 2 is 1.96 bits per heavy atom.